The number of nitrogens with zero attached hydrogens (tertiary/aromatic N) is 1. The first-order valence-corrected chi connectivity index (χ1v) is 10.5. The van der Waals surface area contributed by atoms with E-state index in [2.05, 4.69) is 4.74 Å². The number of aromatic carboxylic acids is 1. The van der Waals surface area contributed by atoms with Crippen LogP contribution in [0.15, 0.2) is 47.4 Å². The summed E-state index contributed by atoms with van der Waals surface area (Å²) in [7, 11) is 1.18. The maximum absolute atomic E-state index is 12.6. The van der Waals surface area contributed by atoms with Crippen LogP contribution in [0.25, 0.3) is 6.08 Å². The second kappa shape index (κ2) is 9.88. The summed E-state index contributed by atoms with van der Waals surface area (Å²) in [4.78, 5) is 48.4. The fraction of sp³-hybridized carbons (Fsp3) is 0.182. The molecule has 0 bridgehead atoms. The van der Waals surface area contributed by atoms with Gasteiger partial charge in [-0.1, -0.05) is 35.9 Å². The lowest BCUT2D eigenvalue weighted by Gasteiger charge is -2.18. The molecule has 1 saturated heterocycles. The van der Waals surface area contributed by atoms with Crippen molar-refractivity contribution in [2.24, 2.45) is 0 Å². The molecule has 2 aromatic rings. The fourth-order valence-electron chi connectivity index (χ4n) is 2.91. The molecule has 2 amide bonds. The molecular weight excluding hydrogens is 458 g/mol. The predicted octanol–water partition coefficient (Wildman–Crippen LogP) is 2.88. The van der Waals surface area contributed by atoms with Crippen molar-refractivity contribution in [1.29, 1.82) is 0 Å². The fourth-order valence-corrected chi connectivity index (χ4v) is 4.07. The standard InChI is InChI=1S/C22H18ClNO7S/c1-12(21(28)30-2)24-19(25)18(32-22(24)29)10-13-6-7-17(16(23)9-13)31-11-14-4-3-5-15(8-14)20(26)27/h3-10,12H,11H2,1-2H3,(H,26,27)/p-1/b18-10+/t12-/m0/s1. The number of carboxylic acid groups (broad SMARTS) is 1. The van der Waals surface area contributed by atoms with Crippen LogP contribution in [0.3, 0.4) is 0 Å². The molecule has 166 valence electrons. The van der Waals surface area contributed by atoms with Crippen LogP contribution in [-0.4, -0.2) is 41.1 Å². The summed E-state index contributed by atoms with van der Waals surface area (Å²) in [5.41, 5.74) is 1.22. The molecule has 0 aliphatic carbocycles. The summed E-state index contributed by atoms with van der Waals surface area (Å²) in [6.07, 6.45) is 1.49. The van der Waals surface area contributed by atoms with Gasteiger partial charge < -0.3 is 19.4 Å². The van der Waals surface area contributed by atoms with Crippen LogP contribution in [-0.2, 0) is 20.9 Å². The summed E-state index contributed by atoms with van der Waals surface area (Å²) in [5, 5.41) is 10.7. The number of esters is 1. The molecule has 32 heavy (non-hydrogen) atoms. The van der Waals surface area contributed by atoms with Crippen LogP contribution in [0, 0.1) is 0 Å². The van der Waals surface area contributed by atoms with E-state index in [1.165, 1.54) is 32.2 Å². The molecular formula is C22H17ClNO7S-. The maximum Gasteiger partial charge on any atom is 0.328 e. The highest BCUT2D eigenvalue weighted by Gasteiger charge is 2.41. The number of imide groups is 1. The van der Waals surface area contributed by atoms with Crippen molar-refractivity contribution in [2.45, 2.75) is 19.6 Å². The Bertz CT molecular complexity index is 1130. The molecule has 0 unspecified atom stereocenters. The van der Waals surface area contributed by atoms with Crippen molar-refractivity contribution >= 4 is 52.5 Å². The summed E-state index contributed by atoms with van der Waals surface area (Å²) in [6.45, 7) is 1.50. The Morgan fingerprint density at radius 1 is 1.22 bits per heavy atom. The second-order valence-corrected chi connectivity index (χ2v) is 8.12. The van der Waals surface area contributed by atoms with Crippen molar-refractivity contribution < 1.29 is 33.8 Å². The highest BCUT2D eigenvalue weighted by Crippen LogP contribution is 2.35. The molecule has 0 saturated carbocycles. The van der Waals surface area contributed by atoms with Crippen molar-refractivity contribution in [1.82, 2.24) is 4.90 Å². The molecule has 8 nitrogen and oxygen atoms in total. The predicted molar refractivity (Wildman–Crippen MR) is 116 cm³/mol. The monoisotopic (exact) mass is 474 g/mol. The number of carbonyl (C=O) groups excluding carboxylic acids is 4. The SMILES string of the molecule is COC(=O)[C@H](C)N1C(=O)S/C(=C/c2ccc(OCc3cccc(C(=O)[O-])c3)c(Cl)c2)C1=O. The van der Waals surface area contributed by atoms with E-state index in [-0.39, 0.29) is 22.1 Å². The normalized spacial score (nSPS) is 15.7. The van der Waals surface area contributed by atoms with Gasteiger partial charge in [-0.15, -0.1) is 0 Å². The van der Waals surface area contributed by atoms with Gasteiger partial charge >= 0.3 is 5.97 Å². The summed E-state index contributed by atoms with van der Waals surface area (Å²) >= 11 is 7.00. The van der Waals surface area contributed by atoms with Gasteiger partial charge in [0.15, 0.2) is 0 Å². The number of carboxylic acids is 1. The Balaban J connectivity index is 1.72. The lowest BCUT2D eigenvalue weighted by Crippen LogP contribution is -2.42. The summed E-state index contributed by atoms with van der Waals surface area (Å²) < 4.78 is 10.3. The van der Waals surface area contributed by atoms with Gasteiger partial charge in [0.1, 0.15) is 18.4 Å². The highest BCUT2D eigenvalue weighted by atomic mass is 35.5. The molecule has 1 heterocycles. The molecule has 10 heteroatoms. The molecule has 0 spiro atoms. The smallest absolute Gasteiger partial charge is 0.328 e. The first-order chi connectivity index (χ1) is 15.2. The molecule has 0 aromatic heterocycles. The first kappa shape index (κ1) is 23.4. The average molecular weight is 475 g/mol. The zero-order valence-electron chi connectivity index (χ0n) is 17.0. The number of methoxy groups -OCH3 is 1. The molecule has 0 N–H and O–H groups in total. The van der Waals surface area contributed by atoms with Crippen molar-refractivity contribution in [3.05, 3.63) is 69.1 Å². The molecule has 2 aromatic carbocycles. The largest absolute Gasteiger partial charge is 0.545 e. The Kier molecular flexibility index (Phi) is 7.22. The number of ether oxygens (including phenoxy) is 2. The number of halogens is 1. The first-order valence-electron chi connectivity index (χ1n) is 9.28. The molecule has 3 rings (SSSR count). The van der Waals surface area contributed by atoms with Gasteiger partial charge in [0.05, 0.1) is 23.0 Å². The van der Waals surface area contributed by atoms with Crippen LogP contribution in [0.2, 0.25) is 5.02 Å². The van der Waals surface area contributed by atoms with E-state index in [4.69, 9.17) is 16.3 Å². The zero-order valence-corrected chi connectivity index (χ0v) is 18.6. The minimum absolute atomic E-state index is 0.0445. The average Bonchev–Trinajstić information content (AvgIpc) is 3.04. The number of hydrogen-bond acceptors (Lipinski definition) is 8. The lowest BCUT2D eigenvalue weighted by molar-refractivity contribution is -0.255. The van der Waals surface area contributed by atoms with Gasteiger partial charge in [-0.3, -0.25) is 14.5 Å². The Morgan fingerprint density at radius 3 is 2.62 bits per heavy atom. The van der Waals surface area contributed by atoms with E-state index in [9.17, 15) is 24.3 Å². The van der Waals surface area contributed by atoms with Crippen molar-refractivity contribution in [3.63, 3.8) is 0 Å². The van der Waals surface area contributed by atoms with Crippen LogP contribution >= 0.6 is 23.4 Å². The second-order valence-electron chi connectivity index (χ2n) is 6.72. The minimum Gasteiger partial charge on any atom is -0.545 e. The van der Waals surface area contributed by atoms with Crippen LogP contribution < -0.4 is 9.84 Å². The Hall–Kier alpha value is -3.30. The van der Waals surface area contributed by atoms with Crippen molar-refractivity contribution in [2.75, 3.05) is 7.11 Å². The lowest BCUT2D eigenvalue weighted by atomic mass is 10.1. The van der Waals surface area contributed by atoms with Gasteiger partial charge in [-0.25, -0.2) is 4.79 Å². The third-order valence-electron chi connectivity index (χ3n) is 4.56. The highest BCUT2D eigenvalue weighted by molar-refractivity contribution is 8.18. The third-order valence-corrected chi connectivity index (χ3v) is 5.74. The Labute approximate surface area is 192 Å². The minimum atomic E-state index is -1.28. The topological polar surface area (TPSA) is 113 Å². The number of benzene rings is 2. The van der Waals surface area contributed by atoms with E-state index in [1.807, 2.05) is 0 Å². The van der Waals surface area contributed by atoms with Crippen LogP contribution in [0.5, 0.6) is 5.75 Å². The number of amides is 2. The van der Waals surface area contributed by atoms with Gasteiger partial charge in [-0.05, 0) is 59.7 Å². The van der Waals surface area contributed by atoms with E-state index in [0.717, 1.165) is 16.7 Å². The number of hydrogen-bond donors (Lipinski definition) is 0. The van der Waals surface area contributed by atoms with E-state index in [0.29, 0.717) is 16.9 Å². The van der Waals surface area contributed by atoms with Gasteiger partial charge in [0, 0.05) is 0 Å². The quantitative estimate of drug-likeness (QED) is 0.444. The number of carbonyl (C=O) groups is 4. The van der Waals surface area contributed by atoms with E-state index in [1.54, 1.807) is 30.3 Å². The van der Waals surface area contributed by atoms with Gasteiger partial charge in [0.2, 0.25) is 0 Å². The Morgan fingerprint density at radius 2 is 1.97 bits per heavy atom. The summed E-state index contributed by atoms with van der Waals surface area (Å²) in [5.74, 6) is -2.21. The molecule has 1 fully saturated rings. The maximum atomic E-state index is 12.6. The van der Waals surface area contributed by atoms with Gasteiger partial charge in [0.25, 0.3) is 11.1 Å². The molecule has 1 aliphatic rings. The van der Waals surface area contributed by atoms with Crippen LogP contribution in [0.1, 0.15) is 28.4 Å². The number of rotatable bonds is 7. The zero-order chi connectivity index (χ0) is 23.4. The van der Waals surface area contributed by atoms with Crippen LogP contribution in [0.4, 0.5) is 4.79 Å². The molecule has 0 radical (unpaired) electrons. The van der Waals surface area contributed by atoms with Crippen molar-refractivity contribution in [3.8, 4) is 5.75 Å². The molecule has 1 aliphatic heterocycles. The molecule has 1 atom stereocenters. The third kappa shape index (κ3) is 5.12. The number of thioether (sulfide) groups is 1. The van der Waals surface area contributed by atoms with E-state index < -0.39 is 29.1 Å². The van der Waals surface area contributed by atoms with E-state index >= 15 is 0 Å². The summed E-state index contributed by atoms with van der Waals surface area (Å²) in [6, 6.07) is 9.94. The van der Waals surface area contributed by atoms with Gasteiger partial charge in [-0.2, -0.15) is 0 Å².